The molecule has 8 nitrogen and oxygen atoms in total. The molecule has 4 aromatic rings. The van der Waals surface area contributed by atoms with E-state index in [1.54, 1.807) is 4.57 Å². The molecule has 9 heteroatoms. The molecule has 0 aliphatic carbocycles. The Hall–Kier alpha value is -3.17. The third-order valence-corrected chi connectivity index (χ3v) is 7.78. The quantitative estimate of drug-likeness (QED) is 0.400. The van der Waals surface area contributed by atoms with Crippen molar-refractivity contribution in [1.29, 1.82) is 0 Å². The number of para-hydroxylation sites is 1. The molecule has 1 amide bonds. The lowest BCUT2D eigenvalue weighted by Crippen LogP contribution is -2.50. The molecule has 5 rings (SSSR count). The smallest absolute Gasteiger partial charge is 0.267 e. The SMILES string of the molecule is CCN1CCN(C(=O)C(C)Sc2nnc3n(-c4ccc(C)cc4C)c(=O)c4ccccc4n23)CC1. The fraction of sp³-hybridized carbons (Fsp3) is 0.385. The molecule has 35 heavy (non-hydrogen) atoms. The Morgan fingerprint density at radius 2 is 1.80 bits per heavy atom. The van der Waals surface area contributed by atoms with E-state index in [4.69, 9.17) is 0 Å². The summed E-state index contributed by atoms with van der Waals surface area (Å²) in [6.07, 6.45) is 0. The number of thioether (sulfide) groups is 1. The van der Waals surface area contributed by atoms with Crippen molar-refractivity contribution in [2.45, 2.75) is 38.1 Å². The first-order valence-electron chi connectivity index (χ1n) is 12.0. The third-order valence-electron chi connectivity index (χ3n) is 6.75. The first-order valence-corrected chi connectivity index (χ1v) is 12.9. The Kier molecular flexibility index (Phi) is 6.37. The van der Waals surface area contributed by atoms with Gasteiger partial charge in [-0.05, 0) is 51.1 Å². The van der Waals surface area contributed by atoms with Crippen LogP contribution in [0.15, 0.2) is 52.4 Å². The van der Waals surface area contributed by atoms with Gasteiger partial charge >= 0.3 is 0 Å². The van der Waals surface area contributed by atoms with Crippen LogP contribution >= 0.6 is 11.8 Å². The average molecular weight is 491 g/mol. The molecule has 1 unspecified atom stereocenters. The summed E-state index contributed by atoms with van der Waals surface area (Å²) >= 11 is 1.39. The van der Waals surface area contributed by atoms with Gasteiger partial charge in [0.2, 0.25) is 11.7 Å². The lowest BCUT2D eigenvalue weighted by Gasteiger charge is -2.35. The second kappa shape index (κ2) is 9.47. The van der Waals surface area contributed by atoms with Gasteiger partial charge in [-0.3, -0.25) is 14.0 Å². The maximum atomic E-state index is 13.6. The molecule has 2 aromatic carbocycles. The number of carbonyl (C=O) groups is 1. The summed E-state index contributed by atoms with van der Waals surface area (Å²) in [4.78, 5) is 31.1. The fourth-order valence-electron chi connectivity index (χ4n) is 4.78. The molecule has 1 fully saturated rings. The van der Waals surface area contributed by atoms with Gasteiger partial charge in [0.1, 0.15) is 0 Å². The Morgan fingerprint density at radius 1 is 1.06 bits per heavy atom. The lowest BCUT2D eigenvalue weighted by molar-refractivity contribution is -0.132. The van der Waals surface area contributed by atoms with Crippen molar-refractivity contribution in [2.75, 3.05) is 32.7 Å². The molecule has 0 bridgehead atoms. The number of piperazine rings is 1. The number of aryl methyl sites for hydroxylation is 2. The molecule has 3 heterocycles. The zero-order valence-electron chi connectivity index (χ0n) is 20.6. The molecule has 2 aromatic heterocycles. The van der Waals surface area contributed by atoms with E-state index in [0.717, 1.165) is 55.1 Å². The Bertz CT molecular complexity index is 1470. The minimum absolute atomic E-state index is 0.106. The second-order valence-electron chi connectivity index (χ2n) is 9.09. The van der Waals surface area contributed by atoms with Crippen molar-refractivity contribution in [3.63, 3.8) is 0 Å². The number of likely N-dealkylation sites (N-methyl/N-ethyl adjacent to an activating group) is 1. The van der Waals surface area contributed by atoms with Crippen molar-refractivity contribution in [2.24, 2.45) is 0 Å². The molecular weight excluding hydrogens is 460 g/mol. The monoisotopic (exact) mass is 490 g/mol. The van der Waals surface area contributed by atoms with E-state index in [-0.39, 0.29) is 16.7 Å². The minimum Gasteiger partial charge on any atom is -0.339 e. The number of carbonyl (C=O) groups excluding carboxylic acids is 1. The average Bonchev–Trinajstić information content (AvgIpc) is 3.28. The summed E-state index contributed by atoms with van der Waals surface area (Å²) in [6.45, 7) is 12.4. The van der Waals surface area contributed by atoms with Gasteiger partial charge in [0, 0.05) is 26.2 Å². The van der Waals surface area contributed by atoms with Crippen LogP contribution < -0.4 is 5.56 Å². The molecule has 1 saturated heterocycles. The van der Waals surface area contributed by atoms with Crippen LogP contribution in [-0.4, -0.2) is 72.8 Å². The number of fused-ring (bicyclic) bond motifs is 3. The number of benzene rings is 2. The van der Waals surface area contributed by atoms with Gasteiger partial charge in [0.05, 0.1) is 21.8 Å². The first kappa shape index (κ1) is 23.6. The Balaban J connectivity index is 1.57. The highest BCUT2D eigenvalue weighted by Gasteiger charge is 2.27. The van der Waals surface area contributed by atoms with Gasteiger partial charge in [-0.25, -0.2) is 4.57 Å². The zero-order valence-corrected chi connectivity index (χ0v) is 21.4. The molecule has 182 valence electrons. The molecule has 1 aliphatic heterocycles. The standard InChI is InChI=1S/C26H30N6O2S/c1-5-29-12-14-30(15-13-29)23(33)19(4)35-26-28-27-25-31(21-11-10-17(2)16-18(21)3)24(34)20-8-6-7-9-22(20)32(25)26/h6-11,16,19H,5,12-15H2,1-4H3. The molecule has 0 radical (unpaired) electrons. The Labute approximate surface area is 208 Å². The van der Waals surface area contributed by atoms with Gasteiger partial charge in [-0.2, -0.15) is 0 Å². The zero-order chi connectivity index (χ0) is 24.7. The summed E-state index contributed by atoms with van der Waals surface area (Å²) < 4.78 is 3.53. The molecule has 1 atom stereocenters. The fourth-order valence-corrected chi connectivity index (χ4v) is 5.72. The van der Waals surface area contributed by atoms with Gasteiger partial charge in [0.15, 0.2) is 5.16 Å². The van der Waals surface area contributed by atoms with Crippen molar-refractivity contribution in [3.05, 3.63) is 63.9 Å². The predicted molar refractivity (Wildman–Crippen MR) is 140 cm³/mol. The number of hydrogen-bond donors (Lipinski definition) is 0. The maximum absolute atomic E-state index is 13.6. The van der Waals surface area contributed by atoms with Crippen molar-refractivity contribution in [1.82, 2.24) is 29.0 Å². The van der Waals surface area contributed by atoms with Crippen LogP contribution in [0.4, 0.5) is 0 Å². The third kappa shape index (κ3) is 4.23. The number of aromatic nitrogens is 4. The highest BCUT2D eigenvalue weighted by Crippen LogP contribution is 2.28. The van der Waals surface area contributed by atoms with E-state index in [1.807, 2.05) is 66.5 Å². The molecule has 0 saturated carbocycles. The highest BCUT2D eigenvalue weighted by atomic mass is 32.2. The van der Waals surface area contributed by atoms with E-state index in [0.29, 0.717) is 16.3 Å². The van der Waals surface area contributed by atoms with Crippen molar-refractivity contribution >= 4 is 34.3 Å². The summed E-state index contributed by atoms with van der Waals surface area (Å²) in [5, 5.41) is 9.75. The molecule has 0 spiro atoms. The van der Waals surface area contributed by atoms with Crippen molar-refractivity contribution in [3.8, 4) is 5.69 Å². The van der Waals surface area contributed by atoms with Crippen LogP contribution in [0.1, 0.15) is 25.0 Å². The summed E-state index contributed by atoms with van der Waals surface area (Å²) in [6, 6.07) is 13.5. The predicted octanol–water partition coefficient (Wildman–Crippen LogP) is 3.29. The van der Waals surface area contributed by atoms with Crippen LogP contribution in [0.3, 0.4) is 0 Å². The summed E-state index contributed by atoms with van der Waals surface area (Å²) in [5.41, 5.74) is 3.48. The number of hydrogen-bond acceptors (Lipinski definition) is 6. The first-order chi connectivity index (χ1) is 16.9. The Morgan fingerprint density at radius 3 is 2.51 bits per heavy atom. The minimum atomic E-state index is -0.323. The van der Waals surface area contributed by atoms with Crippen molar-refractivity contribution < 1.29 is 4.79 Å². The number of nitrogens with zero attached hydrogens (tertiary/aromatic N) is 6. The van der Waals surface area contributed by atoms with Crippen LogP contribution in [0.2, 0.25) is 0 Å². The summed E-state index contributed by atoms with van der Waals surface area (Å²) in [5.74, 6) is 0.550. The normalized spacial score (nSPS) is 15.7. The topological polar surface area (TPSA) is 75.7 Å². The molecule has 0 N–H and O–H groups in total. The number of rotatable bonds is 5. The van der Waals surface area contributed by atoms with Crippen LogP contribution in [-0.2, 0) is 4.79 Å². The molecular formula is C26H30N6O2S. The van der Waals surface area contributed by atoms with E-state index in [1.165, 1.54) is 11.8 Å². The van der Waals surface area contributed by atoms with E-state index >= 15 is 0 Å². The van der Waals surface area contributed by atoms with Crippen LogP contribution in [0.25, 0.3) is 22.4 Å². The van der Waals surface area contributed by atoms with Gasteiger partial charge in [-0.1, -0.05) is 48.5 Å². The van der Waals surface area contributed by atoms with Crippen LogP contribution in [0.5, 0.6) is 0 Å². The summed E-state index contributed by atoms with van der Waals surface area (Å²) in [7, 11) is 0. The number of amides is 1. The second-order valence-corrected chi connectivity index (χ2v) is 10.4. The van der Waals surface area contributed by atoms with E-state index < -0.39 is 0 Å². The molecule has 1 aliphatic rings. The van der Waals surface area contributed by atoms with Gasteiger partial charge in [-0.15, -0.1) is 10.2 Å². The van der Waals surface area contributed by atoms with Gasteiger partial charge < -0.3 is 9.80 Å². The van der Waals surface area contributed by atoms with E-state index in [2.05, 4.69) is 28.1 Å². The highest BCUT2D eigenvalue weighted by molar-refractivity contribution is 8.00. The van der Waals surface area contributed by atoms with Gasteiger partial charge in [0.25, 0.3) is 5.56 Å². The van der Waals surface area contributed by atoms with E-state index in [9.17, 15) is 9.59 Å². The largest absolute Gasteiger partial charge is 0.339 e. The van der Waals surface area contributed by atoms with Crippen LogP contribution in [0, 0.1) is 13.8 Å². The maximum Gasteiger partial charge on any atom is 0.267 e. The lowest BCUT2D eigenvalue weighted by atomic mass is 10.1.